The van der Waals surface area contributed by atoms with Gasteiger partial charge in [-0.3, -0.25) is 4.79 Å². The maximum atomic E-state index is 12.7. The predicted molar refractivity (Wildman–Crippen MR) is 123 cm³/mol. The number of ketones is 1. The van der Waals surface area contributed by atoms with Crippen LogP contribution in [-0.4, -0.2) is 50.4 Å². The molecule has 2 aliphatic carbocycles. The van der Waals surface area contributed by atoms with Crippen LogP contribution in [0.15, 0.2) is 29.4 Å². The monoisotopic (exact) mass is 456 g/mol. The minimum Gasteiger partial charge on any atom is -0.493 e. The first kappa shape index (κ1) is 23.4. The Bertz CT molecular complexity index is 1000. The summed E-state index contributed by atoms with van der Waals surface area (Å²) in [5, 5.41) is 9.75. The Hall–Kier alpha value is -2.80. The van der Waals surface area contributed by atoms with Crippen molar-refractivity contribution in [2.75, 3.05) is 27.4 Å². The first-order valence-electron chi connectivity index (χ1n) is 11.6. The lowest BCUT2D eigenvalue weighted by Crippen LogP contribution is -2.33. The highest BCUT2D eigenvalue weighted by atomic mass is 16.5. The van der Waals surface area contributed by atoms with Gasteiger partial charge in [-0.2, -0.15) is 0 Å². The lowest BCUT2D eigenvalue weighted by molar-refractivity contribution is -0.134. The van der Waals surface area contributed by atoms with Crippen molar-refractivity contribution in [2.45, 2.75) is 45.6 Å². The molecule has 2 atom stereocenters. The Kier molecular flexibility index (Phi) is 6.79. The van der Waals surface area contributed by atoms with Gasteiger partial charge in [0.25, 0.3) is 0 Å². The standard InChI is InChI=1S/C26H32O7/c1-14(2)25-19-11-17(26(28)29)20(27)8-7-16(15-5-6-15)24(19)18-12-22(31-4)23(13-21(18)33-25)32-10-9-30-3/h11-16,25H,5-10H2,1-4H3,(H,28,29)/b17-11+. The number of hydrogen-bond donors (Lipinski definition) is 1. The maximum absolute atomic E-state index is 12.7. The zero-order valence-corrected chi connectivity index (χ0v) is 19.7. The van der Waals surface area contributed by atoms with Crippen molar-refractivity contribution in [3.8, 4) is 17.2 Å². The van der Waals surface area contributed by atoms with E-state index in [1.165, 1.54) is 0 Å². The summed E-state index contributed by atoms with van der Waals surface area (Å²) in [4.78, 5) is 24.6. The number of Topliss-reactive ketones (excluding diaryl/α,β-unsaturated/α-hetero) is 1. The van der Waals surface area contributed by atoms with Crippen LogP contribution in [0.5, 0.6) is 17.2 Å². The average Bonchev–Trinajstić information content (AvgIpc) is 3.60. The molecule has 1 aromatic rings. The number of carboxylic acids is 1. The molecule has 1 aliphatic heterocycles. The van der Waals surface area contributed by atoms with Gasteiger partial charge in [0.2, 0.25) is 0 Å². The molecule has 1 fully saturated rings. The van der Waals surface area contributed by atoms with E-state index >= 15 is 0 Å². The van der Waals surface area contributed by atoms with Crippen molar-refractivity contribution >= 4 is 17.3 Å². The number of fused-ring (bicyclic) bond motifs is 2. The molecular weight excluding hydrogens is 424 g/mol. The van der Waals surface area contributed by atoms with Crippen LogP contribution >= 0.6 is 0 Å². The van der Waals surface area contributed by atoms with Crippen LogP contribution in [0.1, 0.15) is 45.1 Å². The minimum absolute atomic E-state index is 0.0730. The second-order valence-corrected chi connectivity index (χ2v) is 9.26. The quantitative estimate of drug-likeness (QED) is 0.461. The number of carbonyl (C=O) groups is 2. The number of rotatable bonds is 8. The molecule has 3 aliphatic rings. The molecule has 178 valence electrons. The van der Waals surface area contributed by atoms with E-state index in [1.54, 1.807) is 20.3 Å². The molecule has 0 spiro atoms. The zero-order chi connectivity index (χ0) is 23.7. The van der Waals surface area contributed by atoms with Gasteiger partial charge in [-0.15, -0.1) is 0 Å². The van der Waals surface area contributed by atoms with Crippen LogP contribution in [-0.2, 0) is 14.3 Å². The third-order valence-electron chi connectivity index (χ3n) is 6.65. The number of carbonyl (C=O) groups excluding carboxylic acids is 1. The van der Waals surface area contributed by atoms with Crippen LogP contribution in [0.2, 0.25) is 0 Å². The van der Waals surface area contributed by atoms with Gasteiger partial charge >= 0.3 is 5.97 Å². The van der Waals surface area contributed by atoms with Crippen molar-refractivity contribution in [3.05, 3.63) is 34.9 Å². The molecule has 0 saturated heterocycles. The molecule has 0 radical (unpaired) electrons. The predicted octanol–water partition coefficient (Wildman–Crippen LogP) is 4.29. The van der Waals surface area contributed by atoms with Gasteiger partial charge in [0, 0.05) is 25.2 Å². The third kappa shape index (κ3) is 4.64. The van der Waals surface area contributed by atoms with Crippen molar-refractivity contribution < 1.29 is 33.6 Å². The SMILES string of the molecule is COCCOc1cc2c(cc1OC)C1=C(/C=C(/C(=O)O)C(=O)CCC1C1CC1)C(C(C)C)O2. The van der Waals surface area contributed by atoms with E-state index in [2.05, 4.69) is 0 Å². The molecular formula is C26H32O7. The molecule has 1 N–H and O–H groups in total. The van der Waals surface area contributed by atoms with Gasteiger partial charge in [-0.05, 0) is 60.3 Å². The van der Waals surface area contributed by atoms with Crippen molar-refractivity contribution in [2.24, 2.45) is 17.8 Å². The minimum atomic E-state index is -1.19. The highest BCUT2D eigenvalue weighted by Gasteiger charge is 2.42. The number of methoxy groups -OCH3 is 2. The molecule has 1 heterocycles. The van der Waals surface area contributed by atoms with Gasteiger partial charge in [0.1, 0.15) is 24.0 Å². The van der Waals surface area contributed by atoms with Crippen molar-refractivity contribution in [1.29, 1.82) is 0 Å². The van der Waals surface area contributed by atoms with Gasteiger partial charge < -0.3 is 24.1 Å². The molecule has 1 aromatic carbocycles. The molecule has 33 heavy (non-hydrogen) atoms. The van der Waals surface area contributed by atoms with Gasteiger partial charge in [0.05, 0.1) is 13.7 Å². The molecule has 1 saturated carbocycles. The van der Waals surface area contributed by atoms with Crippen LogP contribution in [0, 0.1) is 17.8 Å². The highest BCUT2D eigenvalue weighted by Crippen LogP contribution is 2.54. The molecule has 7 nitrogen and oxygen atoms in total. The first-order chi connectivity index (χ1) is 15.8. The fourth-order valence-corrected chi connectivity index (χ4v) is 4.89. The van der Waals surface area contributed by atoms with Crippen LogP contribution in [0.4, 0.5) is 0 Å². The summed E-state index contributed by atoms with van der Waals surface area (Å²) in [6.07, 6.45) is 4.29. The Morgan fingerprint density at radius 2 is 1.91 bits per heavy atom. The summed E-state index contributed by atoms with van der Waals surface area (Å²) in [6, 6.07) is 3.79. The summed E-state index contributed by atoms with van der Waals surface area (Å²) in [7, 11) is 3.21. The van der Waals surface area contributed by atoms with Crippen molar-refractivity contribution in [3.63, 3.8) is 0 Å². The van der Waals surface area contributed by atoms with Crippen LogP contribution in [0.3, 0.4) is 0 Å². The first-order valence-corrected chi connectivity index (χ1v) is 11.6. The topological polar surface area (TPSA) is 91.3 Å². The van der Waals surface area contributed by atoms with E-state index in [4.69, 9.17) is 18.9 Å². The summed E-state index contributed by atoms with van der Waals surface area (Å²) in [6.45, 7) is 4.91. The van der Waals surface area contributed by atoms with E-state index in [0.717, 1.165) is 29.6 Å². The van der Waals surface area contributed by atoms with Gasteiger partial charge in [-0.25, -0.2) is 4.79 Å². The molecule has 0 aromatic heterocycles. The number of ether oxygens (including phenoxy) is 4. The Morgan fingerprint density at radius 3 is 2.52 bits per heavy atom. The number of allylic oxidation sites excluding steroid dienone is 1. The Balaban J connectivity index is 1.93. The van der Waals surface area contributed by atoms with Gasteiger partial charge in [0.15, 0.2) is 17.3 Å². The Labute approximate surface area is 194 Å². The smallest absolute Gasteiger partial charge is 0.339 e. The summed E-state index contributed by atoms with van der Waals surface area (Å²) in [5.41, 5.74) is 2.62. The highest BCUT2D eigenvalue weighted by molar-refractivity contribution is 6.17. The number of aliphatic carboxylic acids is 1. The van der Waals surface area contributed by atoms with E-state index < -0.39 is 5.97 Å². The Morgan fingerprint density at radius 1 is 1.15 bits per heavy atom. The summed E-state index contributed by atoms with van der Waals surface area (Å²) >= 11 is 0. The second-order valence-electron chi connectivity index (χ2n) is 9.26. The molecule has 4 rings (SSSR count). The van der Waals surface area contributed by atoms with E-state index in [-0.39, 0.29) is 35.7 Å². The summed E-state index contributed by atoms with van der Waals surface area (Å²) < 4.78 is 23.0. The average molecular weight is 457 g/mol. The van der Waals surface area contributed by atoms with E-state index in [1.807, 2.05) is 26.0 Å². The number of hydrogen-bond acceptors (Lipinski definition) is 6. The summed E-state index contributed by atoms with van der Waals surface area (Å²) in [5.74, 6) is 1.09. The number of carboxylic acid groups (broad SMARTS) is 1. The maximum Gasteiger partial charge on any atom is 0.339 e. The van der Waals surface area contributed by atoms with Crippen molar-refractivity contribution in [1.82, 2.24) is 0 Å². The fraction of sp³-hybridized carbons (Fsp3) is 0.538. The fourth-order valence-electron chi connectivity index (χ4n) is 4.89. The normalized spacial score (nSPS) is 24.2. The molecule has 0 bridgehead atoms. The van der Waals surface area contributed by atoms with Crippen LogP contribution in [0.25, 0.3) is 5.57 Å². The number of benzene rings is 1. The largest absolute Gasteiger partial charge is 0.493 e. The second kappa shape index (κ2) is 9.59. The van der Waals surface area contributed by atoms with E-state index in [0.29, 0.717) is 42.8 Å². The molecule has 7 heteroatoms. The third-order valence-corrected chi connectivity index (χ3v) is 6.65. The van der Waals surface area contributed by atoms with Crippen LogP contribution < -0.4 is 14.2 Å². The molecule has 2 unspecified atom stereocenters. The lowest BCUT2D eigenvalue weighted by atomic mass is 9.75. The molecule has 0 amide bonds. The van der Waals surface area contributed by atoms with E-state index in [9.17, 15) is 14.7 Å². The lowest BCUT2D eigenvalue weighted by Gasteiger charge is -2.37. The zero-order valence-electron chi connectivity index (χ0n) is 19.7. The van der Waals surface area contributed by atoms with Gasteiger partial charge in [-0.1, -0.05) is 13.8 Å².